The molecule has 0 aliphatic carbocycles. The number of rotatable bonds is 48. The molecule has 6 nitrogen and oxygen atoms in total. The molecule has 1 atom stereocenters. The standard InChI is InChI=1S/C52H100O6/c1-4-7-10-13-16-18-20-22-23-24-25-26-27-28-30-31-33-36-39-42-45-51(54)57-48-49(47-56-50(53)44-41-38-35-15-12-9-6-3)58-52(55)46-43-40-37-34-32-29-21-19-17-14-11-8-5-2/h49H,4-48H2,1-3H3. The lowest BCUT2D eigenvalue weighted by atomic mass is 10.0. The summed E-state index contributed by atoms with van der Waals surface area (Å²) in [6, 6.07) is 0. The molecule has 0 aliphatic rings. The zero-order valence-corrected chi connectivity index (χ0v) is 39.3. The first kappa shape index (κ1) is 56.4. The summed E-state index contributed by atoms with van der Waals surface area (Å²) in [6.45, 7) is 6.64. The summed E-state index contributed by atoms with van der Waals surface area (Å²) in [5.74, 6) is -0.850. The van der Waals surface area contributed by atoms with Crippen LogP contribution in [0.2, 0.25) is 0 Å². The van der Waals surface area contributed by atoms with Crippen molar-refractivity contribution in [3.8, 4) is 0 Å². The minimum absolute atomic E-state index is 0.0624. The minimum Gasteiger partial charge on any atom is -0.462 e. The van der Waals surface area contributed by atoms with Crippen LogP contribution >= 0.6 is 0 Å². The van der Waals surface area contributed by atoms with Crippen molar-refractivity contribution in [2.45, 2.75) is 303 Å². The molecule has 0 rings (SSSR count). The van der Waals surface area contributed by atoms with Crippen LogP contribution in [0.25, 0.3) is 0 Å². The molecule has 0 fully saturated rings. The average molecular weight is 821 g/mol. The van der Waals surface area contributed by atoms with Crippen molar-refractivity contribution in [2.75, 3.05) is 13.2 Å². The second-order valence-corrected chi connectivity index (χ2v) is 17.8. The molecule has 0 saturated heterocycles. The smallest absolute Gasteiger partial charge is 0.306 e. The summed E-state index contributed by atoms with van der Waals surface area (Å²) in [5.41, 5.74) is 0. The highest BCUT2D eigenvalue weighted by molar-refractivity contribution is 5.71. The molecular formula is C52H100O6. The van der Waals surface area contributed by atoms with Gasteiger partial charge in [0.2, 0.25) is 0 Å². The zero-order valence-electron chi connectivity index (χ0n) is 39.3. The fourth-order valence-corrected chi connectivity index (χ4v) is 7.92. The van der Waals surface area contributed by atoms with E-state index in [1.165, 1.54) is 199 Å². The van der Waals surface area contributed by atoms with E-state index in [2.05, 4.69) is 20.8 Å². The van der Waals surface area contributed by atoms with Crippen molar-refractivity contribution >= 4 is 17.9 Å². The monoisotopic (exact) mass is 821 g/mol. The third-order valence-corrected chi connectivity index (χ3v) is 11.9. The third kappa shape index (κ3) is 45.5. The Morgan fingerprint density at radius 3 is 0.690 bits per heavy atom. The number of hydrogen-bond acceptors (Lipinski definition) is 6. The van der Waals surface area contributed by atoms with Gasteiger partial charge in [-0.2, -0.15) is 0 Å². The first-order chi connectivity index (χ1) is 28.5. The number of carbonyl (C=O) groups is 3. The lowest BCUT2D eigenvalue weighted by Gasteiger charge is -2.18. The van der Waals surface area contributed by atoms with Gasteiger partial charge in [0.1, 0.15) is 13.2 Å². The fraction of sp³-hybridized carbons (Fsp3) is 0.942. The fourth-order valence-electron chi connectivity index (χ4n) is 7.92. The predicted octanol–water partition coefficient (Wildman–Crippen LogP) is 16.8. The van der Waals surface area contributed by atoms with Crippen LogP contribution in [-0.4, -0.2) is 37.2 Å². The Bertz CT molecular complexity index is 859. The lowest BCUT2D eigenvalue weighted by molar-refractivity contribution is -0.167. The van der Waals surface area contributed by atoms with Crippen LogP contribution in [0.4, 0.5) is 0 Å². The van der Waals surface area contributed by atoms with E-state index in [4.69, 9.17) is 14.2 Å². The van der Waals surface area contributed by atoms with Crippen molar-refractivity contribution in [3.05, 3.63) is 0 Å². The lowest BCUT2D eigenvalue weighted by Crippen LogP contribution is -2.30. The molecule has 0 aliphatic heterocycles. The van der Waals surface area contributed by atoms with Gasteiger partial charge >= 0.3 is 17.9 Å². The van der Waals surface area contributed by atoms with Crippen LogP contribution in [0.5, 0.6) is 0 Å². The molecule has 0 aromatic rings. The van der Waals surface area contributed by atoms with E-state index < -0.39 is 6.10 Å². The maximum atomic E-state index is 12.7. The third-order valence-electron chi connectivity index (χ3n) is 11.9. The Hall–Kier alpha value is -1.59. The first-order valence-corrected chi connectivity index (χ1v) is 26.0. The van der Waals surface area contributed by atoms with Crippen LogP contribution in [0.1, 0.15) is 297 Å². The van der Waals surface area contributed by atoms with Crippen molar-refractivity contribution in [2.24, 2.45) is 0 Å². The van der Waals surface area contributed by atoms with Gasteiger partial charge in [0.05, 0.1) is 0 Å². The van der Waals surface area contributed by atoms with E-state index in [1.807, 2.05) is 0 Å². The normalized spacial score (nSPS) is 11.8. The summed E-state index contributed by atoms with van der Waals surface area (Å²) in [7, 11) is 0. The van der Waals surface area contributed by atoms with Gasteiger partial charge in [-0.3, -0.25) is 14.4 Å². The number of ether oxygens (including phenoxy) is 3. The number of unbranched alkanes of at least 4 members (excludes halogenated alkanes) is 37. The van der Waals surface area contributed by atoms with Crippen molar-refractivity contribution in [1.82, 2.24) is 0 Å². The second-order valence-electron chi connectivity index (χ2n) is 17.8. The predicted molar refractivity (Wildman–Crippen MR) is 247 cm³/mol. The largest absolute Gasteiger partial charge is 0.462 e. The number of esters is 3. The molecule has 0 amide bonds. The molecule has 0 bridgehead atoms. The SMILES string of the molecule is CCCCCCCCCCCCCCCCCCCCCCC(=O)OCC(COC(=O)CCCCCCCCC)OC(=O)CCCCCCCCCCCCCCC. The van der Waals surface area contributed by atoms with Crippen LogP contribution in [0.3, 0.4) is 0 Å². The molecule has 0 radical (unpaired) electrons. The van der Waals surface area contributed by atoms with Crippen molar-refractivity contribution < 1.29 is 28.6 Å². The summed E-state index contributed by atoms with van der Waals surface area (Å²) in [4.78, 5) is 37.7. The highest BCUT2D eigenvalue weighted by atomic mass is 16.6. The van der Waals surface area contributed by atoms with Gasteiger partial charge in [0, 0.05) is 19.3 Å². The molecule has 0 saturated carbocycles. The topological polar surface area (TPSA) is 78.9 Å². The van der Waals surface area contributed by atoms with E-state index in [9.17, 15) is 14.4 Å². The summed E-state index contributed by atoms with van der Waals surface area (Å²) in [6.07, 6.45) is 51.1. The minimum atomic E-state index is -0.758. The molecule has 0 N–H and O–H groups in total. The van der Waals surface area contributed by atoms with E-state index in [1.54, 1.807) is 0 Å². The van der Waals surface area contributed by atoms with Crippen molar-refractivity contribution in [3.63, 3.8) is 0 Å². The van der Waals surface area contributed by atoms with E-state index in [-0.39, 0.29) is 31.1 Å². The van der Waals surface area contributed by atoms with Gasteiger partial charge < -0.3 is 14.2 Å². The van der Waals surface area contributed by atoms with Gasteiger partial charge in [-0.1, -0.05) is 258 Å². The molecule has 0 spiro atoms. The molecule has 1 unspecified atom stereocenters. The molecule has 0 aromatic heterocycles. The van der Waals surface area contributed by atoms with Crippen molar-refractivity contribution in [1.29, 1.82) is 0 Å². The summed E-state index contributed by atoms with van der Waals surface area (Å²) < 4.78 is 16.7. The van der Waals surface area contributed by atoms with E-state index >= 15 is 0 Å². The van der Waals surface area contributed by atoms with Crippen LogP contribution in [0, 0.1) is 0 Å². The average Bonchev–Trinajstić information content (AvgIpc) is 3.22. The molecular weight excluding hydrogens is 721 g/mol. The summed E-state index contributed by atoms with van der Waals surface area (Å²) in [5, 5.41) is 0. The molecule has 0 aromatic carbocycles. The van der Waals surface area contributed by atoms with Crippen LogP contribution in [-0.2, 0) is 28.6 Å². The number of hydrogen-bond donors (Lipinski definition) is 0. The highest BCUT2D eigenvalue weighted by Crippen LogP contribution is 2.17. The Balaban J connectivity index is 4.14. The van der Waals surface area contributed by atoms with Crippen LogP contribution in [0.15, 0.2) is 0 Å². The number of carbonyl (C=O) groups excluding carboxylic acids is 3. The van der Waals surface area contributed by atoms with Gasteiger partial charge in [-0.15, -0.1) is 0 Å². The molecule has 0 heterocycles. The van der Waals surface area contributed by atoms with E-state index in [0.717, 1.165) is 57.8 Å². The molecule has 58 heavy (non-hydrogen) atoms. The Morgan fingerprint density at radius 1 is 0.276 bits per heavy atom. The Kier molecular flexibility index (Phi) is 46.8. The summed E-state index contributed by atoms with van der Waals surface area (Å²) >= 11 is 0. The highest BCUT2D eigenvalue weighted by Gasteiger charge is 2.19. The maximum absolute atomic E-state index is 12.7. The van der Waals surface area contributed by atoms with Gasteiger partial charge in [-0.25, -0.2) is 0 Å². The van der Waals surface area contributed by atoms with Crippen LogP contribution < -0.4 is 0 Å². The first-order valence-electron chi connectivity index (χ1n) is 26.0. The molecule has 344 valence electrons. The maximum Gasteiger partial charge on any atom is 0.306 e. The quantitative estimate of drug-likeness (QED) is 0.0346. The van der Waals surface area contributed by atoms with E-state index in [0.29, 0.717) is 19.3 Å². The molecule has 6 heteroatoms. The Labute approximate surface area is 361 Å². The second kappa shape index (κ2) is 48.1. The Morgan fingerprint density at radius 2 is 0.466 bits per heavy atom. The zero-order chi connectivity index (χ0) is 42.3. The van der Waals surface area contributed by atoms with Gasteiger partial charge in [0.25, 0.3) is 0 Å². The van der Waals surface area contributed by atoms with Gasteiger partial charge in [-0.05, 0) is 19.3 Å². The van der Waals surface area contributed by atoms with Gasteiger partial charge in [0.15, 0.2) is 6.10 Å².